The van der Waals surface area contributed by atoms with Crippen molar-refractivity contribution in [2.24, 2.45) is 0 Å². The summed E-state index contributed by atoms with van der Waals surface area (Å²) >= 11 is 0. The van der Waals surface area contributed by atoms with E-state index in [9.17, 15) is 4.79 Å². The van der Waals surface area contributed by atoms with Gasteiger partial charge in [0.15, 0.2) is 0 Å². The molecular formula is C13H20N4O2. The Kier molecular flexibility index (Phi) is 3.05. The first-order valence-corrected chi connectivity index (χ1v) is 6.91. The highest BCUT2D eigenvalue weighted by Crippen LogP contribution is 2.37. The van der Waals surface area contributed by atoms with Gasteiger partial charge in [0.2, 0.25) is 5.82 Å². The lowest BCUT2D eigenvalue weighted by Gasteiger charge is -2.35. The van der Waals surface area contributed by atoms with Gasteiger partial charge >= 0.3 is 0 Å². The summed E-state index contributed by atoms with van der Waals surface area (Å²) in [5.74, 6) is 1.39. The lowest BCUT2D eigenvalue weighted by atomic mass is 9.94. The predicted molar refractivity (Wildman–Crippen MR) is 68.9 cm³/mol. The van der Waals surface area contributed by atoms with Crippen molar-refractivity contribution in [3.8, 4) is 0 Å². The molecule has 1 amide bonds. The number of nitrogens with one attached hydrogen (secondary N) is 2. The molecule has 1 unspecified atom stereocenters. The van der Waals surface area contributed by atoms with Crippen LogP contribution in [0.3, 0.4) is 0 Å². The van der Waals surface area contributed by atoms with Gasteiger partial charge in [-0.25, -0.2) is 4.98 Å². The third-order valence-electron chi connectivity index (χ3n) is 3.70. The van der Waals surface area contributed by atoms with Crippen LogP contribution < -0.4 is 5.32 Å². The average Bonchev–Trinajstić information content (AvgIpc) is 3.05. The highest BCUT2D eigenvalue weighted by atomic mass is 16.5. The molecule has 2 aliphatic rings. The van der Waals surface area contributed by atoms with Crippen molar-refractivity contribution in [3.63, 3.8) is 0 Å². The van der Waals surface area contributed by atoms with Crippen molar-refractivity contribution in [1.29, 1.82) is 0 Å². The maximum atomic E-state index is 12.1. The van der Waals surface area contributed by atoms with Crippen molar-refractivity contribution in [2.75, 3.05) is 6.61 Å². The lowest BCUT2D eigenvalue weighted by Crippen LogP contribution is -2.46. The zero-order valence-electron chi connectivity index (χ0n) is 11.4. The van der Waals surface area contributed by atoms with Crippen molar-refractivity contribution < 1.29 is 9.53 Å². The smallest absolute Gasteiger partial charge is 0.291 e. The summed E-state index contributed by atoms with van der Waals surface area (Å²) in [5, 5.41) is 9.85. The first-order chi connectivity index (χ1) is 9.03. The number of amides is 1. The molecule has 1 aliphatic carbocycles. The second kappa shape index (κ2) is 4.59. The monoisotopic (exact) mass is 264 g/mol. The summed E-state index contributed by atoms with van der Waals surface area (Å²) in [7, 11) is 0. The predicted octanol–water partition coefficient (Wildman–Crippen LogP) is 1.37. The van der Waals surface area contributed by atoms with Gasteiger partial charge in [-0.3, -0.25) is 9.89 Å². The third kappa shape index (κ3) is 2.94. The Balaban J connectivity index is 1.60. The van der Waals surface area contributed by atoms with Gasteiger partial charge in [-0.15, -0.1) is 5.10 Å². The van der Waals surface area contributed by atoms with Gasteiger partial charge in [0.1, 0.15) is 5.82 Å². The number of hydrogen-bond donors (Lipinski definition) is 2. The van der Waals surface area contributed by atoms with Crippen LogP contribution in [0.2, 0.25) is 0 Å². The topological polar surface area (TPSA) is 79.9 Å². The molecule has 1 aromatic rings. The highest BCUT2D eigenvalue weighted by Gasteiger charge is 2.31. The summed E-state index contributed by atoms with van der Waals surface area (Å²) in [6.45, 7) is 4.77. The van der Waals surface area contributed by atoms with E-state index in [0.29, 0.717) is 12.5 Å². The number of aromatic amines is 1. The average molecular weight is 264 g/mol. The number of carbonyl (C=O) groups excluding carboxylic acids is 1. The summed E-state index contributed by atoms with van der Waals surface area (Å²) in [6, 6.07) is 0.138. The Hall–Kier alpha value is -1.43. The number of carbonyl (C=O) groups is 1. The number of ether oxygens (including phenoxy) is 1. The Morgan fingerprint density at radius 2 is 2.21 bits per heavy atom. The van der Waals surface area contributed by atoms with Gasteiger partial charge < -0.3 is 10.1 Å². The molecule has 0 radical (unpaired) electrons. The zero-order valence-corrected chi connectivity index (χ0v) is 11.4. The van der Waals surface area contributed by atoms with Crippen LogP contribution in [0.25, 0.3) is 0 Å². The van der Waals surface area contributed by atoms with Crippen molar-refractivity contribution in [3.05, 3.63) is 11.6 Å². The third-order valence-corrected chi connectivity index (χ3v) is 3.70. The summed E-state index contributed by atoms with van der Waals surface area (Å²) in [4.78, 5) is 16.3. The van der Waals surface area contributed by atoms with Crippen LogP contribution in [0.4, 0.5) is 0 Å². The van der Waals surface area contributed by atoms with Crippen molar-refractivity contribution in [1.82, 2.24) is 20.5 Å². The van der Waals surface area contributed by atoms with Gasteiger partial charge in [0, 0.05) is 18.6 Å². The van der Waals surface area contributed by atoms with E-state index in [1.165, 1.54) is 0 Å². The van der Waals surface area contributed by atoms with E-state index in [0.717, 1.165) is 31.5 Å². The SMILES string of the molecule is CC1(C)CC(NC(=O)c2n[nH]c(C3CC3)n2)CCO1. The van der Waals surface area contributed by atoms with E-state index in [-0.39, 0.29) is 23.4 Å². The molecule has 104 valence electrons. The normalized spacial score (nSPS) is 26.1. The van der Waals surface area contributed by atoms with Crippen LogP contribution in [0, 0.1) is 0 Å². The van der Waals surface area contributed by atoms with Gasteiger partial charge in [-0.1, -0.05) is 0 Å². The zero-order chi connectivity index (χ0) is 13.5. The number of aromatic nitrogens is 3. The van der Waals surface area contributed by atoms with E-state index in [4.69, 9.17) is 4.74 Å². The quantitative estimate of drug-likeness (QED) is 0.864. The van der Waals surface area contributed by atoms with E-state index < -0.39 is 0 Å². The molecule has 0 spiro atoms. The lowest BCUT2D eigenvalue weighted by molar-refractivity contribution is -0.0615. The van der Waals surface area contributed by atoms with Crippen LogP contribution in [0.5, 0.6) is 0 Å². The summed E-state index contributed by atoms with van der Waals surface area (Å²) in [6.07, 6.45) is 3.95. The second-order valence-electron chi connectivity index (χ2n) is 6.09. The van der Waals surface area contributed by atoms with Crippen LogP contribution in [0.1, 0.15) is 61.9 Å². The fraction of sp³-hybridized carbons (Fsp3) is 0.769. The molecule has 2 fully saturated rings. The number of nitrogens with zero attached hydrogens (tertiary/aromatic N) is 2. The fourth-order valence-electron chi connectivity index (χ4n) is 2.52. The van der Waals surface area contributed by atoms with E-state index in [2.05, 4.69) is 20.5 Å². The molecule has 1 atom stereocenters. The maximum Gasteiger partial charge on any atom is 0.291 e. The van der Waals surface area contributed by atoms with Gasteiger partial charge in [-0.05, 0) is 39.5 Å². The first kappa shape index (κ1) is 12.6. The second-order valence-corrected chi connectivity index (χ2v) is 6.09. The summed E-state index contributed by atoms with van der Waals surface area (Å²) < 4.78 is 5.64. The molecule has 3 rings (SSSR count). The molecule has 2 heterocycles. The molecule has 2 N–H and O–H groups in total. The Morgan fingerprint density at radius 3 is 2.89 bits per heavy atom. The van der Waals surface area contributed by atoms with E-state index in [1.54, 1.807) is 0 Å². The highest BCUT2D eigenvalue weighted by molar-refractivity contribution is 5.90. The van der Waals surface area contributed by atoms with Gasteiger partial charge in [0.05, 0.1) is 5.60 Å². The number of rotatable bonds is 3. The summed E-state index contributed by atoms with van der Waals surface area (Å²) in [5.41, 5.74) is -0.172. The molecule has 19 heavy (non-hydrogen) atoms. The first-order valence-electron chi connectivity index (χ1n) is 6.91. The molecule has 1 saturated heterocycles. The Morgan fingerprint density at radius 1 is 1.42 bits per heavy atom. The molecule has 0 bridgehead atoms. The molecule has 6 nitrogen and oxygen atoms in total. The number of H-pyrrole nitrogens is 1. The van der Waals surface area contributed by atoms with Crippen LogP contribution in [-0.2, 0) is 4.74 Å². The van der Waals surface area contributed by atoms with Crippen LogP contribution in [0.15, 0.2) is 0 Å². The van der Waals surface area contributed by atoms with Crippen LogP contribution in [-0.4, -0.2) is 39.3 Å². The fourth-order valence-corrected chi connectivity index (χ4v) is 2.52. The molecule has 1 saturated carbocycles. The Bertz CT molecular complexity index is 479. The maximum absolute atomic E-state index is 12.1. The molecule has 1 aromatic heterocycles. The molecule has 1 aliphatic heterocycles. The minimum atomic E-state index is -0.189. The number of hydrogen-bond acceptors (Lipinski definition) is 4. The van der Waals surface area contributed by atoms with E-state index in [1.807, 2.05) is 13.8 Å². The minimum Gasteiger partial charge on any atom is -0.375 e. The minimum absolute atomic E-state index is 0.138. The van der Waals surface area contributed by atoms with Crippen molar-refractivity contribution >= 4 is 5.91 Å². The van der Waals surface area contributed by atoms with E-state index >= 15 is 0 Å². The molecule has 6 heteroatoms. The van der Waals surface area contributed by atoms with Gasteiger partial charge in [-0.2, -0.15) is 0 Å². The van der Waals surface area contributed by atoms with Crippen LogP contribution >= 0.6 is 0 Å². The van der Waals surface area contributed by atoms with Gasteiger partial charge in [0.25, 0.3) is 5.91 Å². The largest absolute Gasteiger partial charge is 0.375 e. The standard InChI is InChI=1S/C13H20N4O2/c1-13(2)7-9(5-6-19-13)14-12(18)11-15-10(16-17-11)8-3-4-8/h8-9H,3-7H2,1-2H3,(H,14,18)(H,15,16,17). The van der Waals surface area contributed by atoms with Crippen molar-refractivity contribution in [2.45, 2.75) is 57.1 Å². The Labute approximate surface area is 112 Å². The molecular weight excluding hydrogens is 244 g/mol. The molecule has 0 aromatic carbocycles.